The summed E-state index contributed by atoms with van der Waals surface area (Å²) >= 11 is 1.28. The highest BCUT2D eigenvalue weighted by molar-refractivity contribution is 7.13. The molecule has 0 spiro atoms. The van der Waals surface area contributed by atoms with Gasteiger partial charge in [0.1, 0.15) is 4.88 Å². The SMILES string of the molecule is CCc1nc(Cc2ccccc2C)c(C(=O)O)s1. The maximum atomic E-state index is 11.2. The Hall–Kier alpha value is -1.68. The van der Waals surface area contributed by atoms with Crippen molar-refractivity contribution in [2.45, 2.75) is 26.7 Å². The molecule has 18 heavy (non-hydrogen) atoms. The van der Waals surface area contributed by atoms with E-state index in [2.05, 4.69) is 4.98 Å². The molecule has 0 unspecified atom stereocenters. The van der Waals surface area contributed by atoms with E-state index in [4.69, 9.17) is 0 Å². The molecule has 94 valence electrons. The molecule has 0 atom stereocenters. The van der Waals surface area contributed by atoms with E-state index in [0.29, 0.717) is 17.0 Å². The van der Waals surface area contributed by atoms with Gasteiger partial charge in [0.2, 0.25) is 0 Å². The van der Waals surface area contributed by atoms with Crippen LogP contribution in [0.15, 0.2) is 24.3 Å². The third-order valence-corrected chi connectivity index (χ3v) is 4.09. The molecule has 4 heteroatoms. The van der Waals surface area contributed by atoms with E-state index >= 15 is 0 Å². The summed E-state index contributed by atoms with van der Waals surface area (Å²) in [5.74, 6) is -0.879. The van der Waals surface area contributed by atoms with E-state index in [9.17, 15) is 9.90 Å². The molecular weight excluding hydrogens is 246 g/mol. The zero-order chi connectivity index (χ0) is 13.1. The van der Waals surface area contributed by atoms with Crippen molar-refractivity contribution in [2.75, 3.05) is 0 Å². The maximum Gasteiger partial charge on any atom is 0.347 e. The molecule has 1 N–H and O–H groups in total. The molecule has 1 aromatic heterocycles. The van der Waals surface area contributed by atoms with Crippen molar-refractivity contribution < 1.29 is 9.90 Å². The van der Waals surface area contributed by atoms with E-state index < -0.39 is 5.97 Å². The zero-order valence-electron chi connectivity index (χ0n) is 10.4. The van der Waals surface area contributed by atoms with Crippen molar-refractivity contribution in [3.8, 4) is 0 Å². The highest BCUT2D eigenvalue weighted by Crippen LogP contribution is 2.23. The van der Waals surface area contributed by atoms with Gasteiger partial charge in [-0.3, -0.25) is 0 Å². The van der Waals surface area contributed by atoms with Crippen LogP contribution in [0.1, 0.15) is 38.4 Å². The fourth-order valence-electron chi connectivity index (χ4n) is 1.83. The van der Waals surface area contributed by atoms with E-state index in [1.54, 1.807) is 0 Å². The summed E-state index contributed by atoms with van der Waals surface area (Å²) in [6.45, 7) is 4.02. The van der Waals surface area contributed by atoms with Gasteiger partial charge in [0.15, 0.2) is 0 Å². The van der Waals surface area contributed by atoms with Crippen LogP contribution in [0.5, 0.6) is 0 Å². The lowest BCUT2D eigenvalue weighted by Gasteiger charge is -2.03. The average Bonchev–Trinajstić information content (AvgIpc) is 2.75. The molecular formula is C14H15NO2S. The fourth-order valence-corrected chi connectivity index (χ4v) is 2.69. The Labute approximate surface area is 110 Å². The molecule has 0 bridgehead atoms. The third kappa shape index (κ3) is 2.59. The van der Waals surface area contributed by atoms with Crippen LogP contribution in [0.25, 0.3) is 0 Å². The standard InChI is InChI=1S/C14H15NO2S/c1-3-12-15-11(13(18-12)14(16)17)8-10-7-5-4-6-9(10)2/h4-7H,3,8H2,1-2H3,(H,16,17). The summed E-state index contributed by atoms with van der Waals surface area (Å²) in [6, 6.07) is 8.00. The maximum absolute atomic E-state index is 11.2. The molecule has 0 saturated heterocycles. The second kappa shape index (κ2) is 5.31. The van der Waals surface area contributed by atoms with Gasteiger partial charge in [0, 0.05) is 6.42 Å². The van der Waals surface area contributed by atoms with Gasteiger partial charge in [-0.25, -0.2) is 9.78 Å². The van der Waals surface area contributed by atoms with Crippen LogP contribution in [-0.2, 0) is 12.8 Å². The minimum atomic E-state index is -0.879. The third-order valence-electron chi connectivity index (χ3n) is 2.86. The average molecular weight is 261 g/mol. The van der Waals surface area contributed by atoms with Crippen molar-refractivity contribution in [3.05, 3.63) is 51.0 Å². The number of carboxylic acids is 1. The van der Waals surface area contributed by atoms with Crippen LogP contribution in [0, 0.1) is 6.92 Å². The molecule has 1 aromatic carbocycles. The number of thiazole rings is 1. The first-order valence-corrected chi connectivity index (χ1v) is 6.69. The largest absolute Gasteiger partial charge is 0.477 e. The molecule has 0 fully saturated rings. The van der Waals surface area contributed by atoms with E-state index in [1.165, 1.54) is 16.9 Å². The Morgan fingerprint density at radius 2 is 2.11 bits per heavy atom. The van der Waals surface area contributed by atoms with E-state index in [1.807, 2.05) is 38.1 Å². The summed E-state index contributed by atoms with van der Waals surface area (Å²) in [6.07, 6.45) is 1.36. The molecule has 1 heterocycles. The summed E-state index contributed by atoms with van der Waals surface area (Å²) in [5.41, 5.74) is 2.98. The van der Waals surface area contributed by atoms with Gasteiger partial charge in [0.05, 0.1) is 10.7 Å². The monoisotopic (exact) mass is 261 g/mol. The predicted molar refractivity (Wildman–Crippen MR) is 72.4 cm³/mol. The Bertz CT molecular complexity index is 575. The molecule has 2 rings (SSSR count). The summed E-state index contributed by atoms with van der Waals surface area (Å²) < 4.78 is 0. The number of rotatable bonds is 4. The van der Waals surface area contributed by atoms with Crippen molar-refractivity contribution in [1.29, 1.82) is 0 Å². The quantitative estimate of drug-likeness (QED) is 0.918. The fraction of sp³-hybridized carbons (Fsp3) is 0.286. The molecule has 0 aliphatic heterocycles. The number of carboxylic acid groups (broad SMARTS) is 1. The van der Waals surface area contributed by atoms with Crippen LogP contribution >= 0.6 is 11.3 Å². The molecule has 2 aromatic rings. The minimum Gasteiger partial charge on any atom is -0.477 e. The van der Waals surface area contributed by atoms with Crippen LogP contribution in [0.3, 0.4) is 0 Å². The van der Waals surface area contributed by atoms with E-state index in [-0.39, 0.29) is 0 Å². The Kier molecular flexibility index (Phi) is 3.77. The predicted octanol–water partition coefficient (Wildman–Crippen LogP) is 3.30. The highest BCUT2D eigenvalue weighted by atomic mass is 32.1. The van der Waals surface area contributed by atoms with Gasteiger partial charge in [-0.1, -0.05) is 31.2 Å². The van der Waals surface area contributed by atoms with Gasteiger partial charge in [-0.05, 0) is 24.5 Å². The Morgan fingerprint density at radius 3 is 2.72 bits per heavy atom. The number of hydrogen-bond donors (Lipinski definition) is 1. The normalized spacial score (nSPS) is 10.6. The lowest BCUT2D eigenvalue weighted by molar-refractivity contribution is 0.0701. The highest BCUT2D eigenvalue weighted by Gasteiger charge is 2.17. The molecule has 0 aliphatic carbocycles. The molecule has 3 nitrogen and oxygen atoms in total. The number of benzene rings is 1. The van der Waals surface area contributed by atoms with Gasteiger partial charge in [0.25, 0.3) is 0 Å². The van der Waals surface area contributed by atoms with Crippen LogP contribution in [0.2, 0.25) is 0 Å². The number of aryl methyl sites for hydroxylation is 2. The van der Waals surface area contributed by atoms with Gasteiger partial charge in [-0.2, -0.15) is 0 Å². The number of aromatic nitrogens is 1. The lowest BCUT2D eigenvalue weighted by Crippen LogP contribution is -2.01. The Balaban J connectivity index is 2.36. The first-order valence-electron chi connectivity index (χ1n) is 5.88. The van der Waals surface area contributed by atoms with Crippen molar-refractivity contribution in [2.24, 2.45) is 0 Å². The molecule has 0 amide bonds. The number of aromatic carboxylic acids is 1. The summed E-state index contributed by atoms with van der Waals surface area (Å²) in [5, 5.41) is 10.1. The smallest absolute Gasteiger partial charge is 0.347 e. The lowest BCUT2D eigenvalue weighted by atomic mass is 10.0. The van der Waals surface area contributed by atoms with Gasteiger partial charge < -0.3 is 5.11 Å². The summed E-state index contributed by atoms with van der Waals surface area (Å²) in [4.78, 5) is 16.0. The molecule has 0 radical (unpaired) electrons. The van der Waals surface area contributed by atoms with Crippen molar-refractivity contribution in [3.63, 3.8) is 0 Å². The van der Waals surface area contributed by atoms with Crippen molar-refractivity contribution >= 4 is 17.3 Å². The van der Waals surface area contributed by atoms with E-state index in [0.717, 1.165) is 17.0 Å². The van der Waals surface area contributed by atoms with Crippen LogP contribution in [0.4, 0.5) is 0 Å². The second-order valence-electron chi connectivity index (χ2n) is 4.15. The molecule has 0 saturated carbocycles. The summed E-state index contributed by atoms with van der Waals surface area (Å²) in [7, 11) is 0. The zero-order valence-corrected chi connectivity index (χ0v) is 11.3. The minimum absolute atomic E-state index is 0.370. The second-order valence-corrected chi connectivity index (χ2v) is 5.23. The van der Waals surface area contributed by atoms with Crippen molar-refractivity contribution in [1.82, 2.24) is 4.98 Å². The first-order chi connectivity index (χ1) is 8.61. The Morgan fingerprint density at radius 1 is 1.39 bits per heavy atom. The molecule has 0 aliphatic rings. The van der Waals surface area contributed by atoms with Crippen LogP contribution < -0.4 is 0 Å². The number of carbonyl (C=O) groups is 1. The topological polar surface area (TPSA) is 50.2 Å². The number of hydrogen-bond acceptors (Lipinski definition) is 3. The number of nitrogens with zero attached hydrogens (tertiary/aromatic N) is 1. The first kappa shape index (κ1) is 12.8. The van der Waals surface area contributed by atoms with Crippen LogP contribution in [-0.4, -0.2) is 16.1 Å². The van der Waals surface area contributed by atoms with Gasteiger partial charge in [-0.15, -0.1) is 11.3 Å². The van der Waals surface area contributed by atoms with Gasteiger partial charge >= 0.3 is 5.97 Å².